The van der Waals surface area contributed by atoms with Crippen molar-refractivity contribution in [2.45, 2.75) is 16.2 Å². The first-order valence-electron chi connectivity index (χ1n) is 15.7. The van der Waals surface area contributed by atoms with E-state index in [4.69, 9.17) is 10.8 Å². The second-order valence-electron chi connectivity index (χ2n) is 11.5. The molecule has 0 aliphatic carbocycles. The Morgan fingerprint density at radius 2 is 1.15 bits per heavy atom. The van der Waals surface area contributed by atoms with Crippen LogP contribution in [0.1, 0.15) is 11.1 Å². The molecule has 291 valence electrons. The van der Waals surface area contributed by atoms with Gasteiger partial charge in [0.25, 0.3) is 0 Å². The number of nitrogens with two attached hydrogens (primary N) is 1. The quantitative estimate of drug-likeness (QED) is 0.0970. The summed E-state index contributed by atoms with van der Waals surface area (Å²) in [4.78, 5) is 8.63. The summed E-state index contributed by atoms with van der Waals surface area (Å²) in [6, 6.07) is 16.0. The number of imidazole rings is 2. The summed E-state index contributed by atoms with van der Waals surface area (Å²) in [6.07, 6.45) is 6.67. The van der Waals surface area contributed by atoms with Crippen molar-refractivity contribution in [2.75, 3.05) is 19.8 Å². The fraction of sp³-hybridized carbons (Fsp3) is 0.143. The molecule has 2 aromatic heterocycles. The van der Waals surface area contributed by atoms with Gasteiger partial charge >= 0.3 is 7.48 Å². The molecule has 1 radical (unpaired) electrons. The second kappa shape index (κ2) is 18.8. The maximum Gasteiger partial charge on any atom is 0.332 e. The van der Waals surface area contributed by atoms with E-state index in [2.05, 4.69) is 19.4 Å². The number of hydrogen-bond donors (Lipinski definition) is 4. The van der Waals surface area contributed by atoms with Crippen molar-refractivity contribution in [1.82, 2.24) is 28.5 Å². The van der Waals surface area contributed by atoms with E-state index < -0.39 is 48.8 Å². The number of anilines is 1. The van der Waals surface area contributed by atoms with Gasteiger partial charge < -0.3 is 25.4 Å². The number of nitrogens with one attached hydrogen (secondary N) is 2. The van der Waals surface area contributed by atoms with Gasteiger partial charge in [0.05, 0.1) is 33.8 Å². The van der Waals surface area contributed by atoms with E-state index in [1.54, 1.807) is 53.4 Å². The van der Waals surface area contributed by atoms with Gasteiger partial charge in [-0.2, -0.15) is 0 Å². The Morgan fingerprint density at radius 1 is 0.709 bits per heavy atom. The topological polar surface area (TPSA) is 206 Å². The summed E-state index contributed by atoms with van der Waals surface area (Å²) in [6.45, 7) is 0. The zero-order valence-corrected chi connectivity index (χ0v) is 31.4. The van der Waals surface area contributed by atoms with Crippen molar-refractivity contribution in [3.63, 3.8) is 0 Å². The van der Waals surface area contributed by atoms with Crippen LogP contribution in [0.15, 0.2) is 108 Å². The molecule has 0 unspecified atom stereocenters. The van der Waals surface area contributed by atoms with Gasteiger partial charge in [-0.1, -0.05) is 18.2 Å². The Balaban J connectivity index is 0.000000242. The van der Waals surface area contributed by atoms with Crippen LogP contribution in [0.3, 0.4) is 0 Å². The van der Waals surface area contributed by atoms with E-state index in [9.17, 15) is 34.4 Å². The standard InChI is InChI=1S/C18H17F2N3O2S.C11H14N4O2S.C6H4BF2O.H2O/c1-21-26(24,25)13-7-6-12(8-15-16(19)4-3-5-17(15)20)14(9-13)18-10-23(2)11-22-18;1-13-18(16,17)8-3-4-10(12)9(5-8)11-6-15(2)7-14-11;8-4-2-1-3-5(9)6(4)7-10;/h3-7,9-11,21H,8H2,1-2H3;3-7,13H,12H2,1-2H3;1-3,10H;1H2. The number of aromatic nitrogens is 4. The van der Waals surface area contributed by atoms with E-state index in [1.165, 1.54) is 62.6 Å². The lowest BCUT2D eigenvalue weighted by atomic mass is 9.88. The van der Waals surface area contributed by atoms with Gasteiger partial charge in [0.15, 0.2) is 0 Å². The van der Waals surface area contributed by atoms with E-state index in [1.807, 2.05) is 7.05 Å². The van der Waals surface area contributed by atoms with Crippen LogP contribution in [0.2, 0.25) is 0 Å². The van der Waals surface area contributed by atoms with Crippen LogP contribution in [0.5, 0.6) is 0 Å². The van der Waals surface area contributed by atoms with Crippen molar-refractivity contribution >= 4 is 38.7 Å². The average Bonchev–Trinajstić information content (AvgIpc) is 3.78. The smallest absolute Gasteiger partial charge is 0.332 e. The molecule has 55 heavy (non-hydrogen) atoms. The third-order valence-electron chi connectivity index (χ3n) is 7.78. The second-order valence-corrected chi connectivity index (χ2v) is 15.2. The summed E-state index contributed by atoms with van der Waals surface area (Å²) in [5.41, 5.74) is 8.71. The van der Waals surface area contributed by atoms with Crippen LogP contribution in [0.25, 0.3) is 22.5 Å². The van der Waals surface area contributed by atoms with Crippen LogP contribution < -0.4 is 20.6 Å². The molecule has 0 atom stereocenters. The average molecular weight is 803 g/mol. The number of rotatable bonds is 9. The Bertz CT molecular complexity index is 2440. The van der Waals surface area contributed by atoms with Crippen LogP contribution in [0.4, 0.5) is 23.2 Å². The minimum atomic E-state index is -3.66. The Kier molecular flexibility index (Phi) is 15.0. The van der Waals surface area contributed by atoms with E-state index >= 15 is 0 Å². The molecule has 6 rings (SSSR count). The number of hydrogen-bond acceptors (Lipinski definition) is 8. The molecule has 20 heteroatoms. The molecule has 0 amide bonds. The van der Waals surface area contributed by atoms with Crippen molar-refractivity contribution < 1.29 is 44.9 Å². The monoisotopic (exact) mass is 802 g/mol. The van der Waals surface area contributed by atoms with E-state index in [0.29, 0.717) is 41.2 Å². The van der Waals surface area contributed by atoms with Crippen molar-refractivity contribution in [2.24, 2.45) is 14.1 Å². The van der Waals surface area contributed by atoms with Gasteiger partial charge in [0, 0.05) is 60.8 Å². The highest BCUT2D eigenvalue weighted by Gasteiger charge is 2.19. The molecule has 0 aliphatic rings. The lowest BCUT2D eigenvalue weighted by molar-refractivity contribution is 0.561. The first-order valence-corrected chi connectivity index (χ1v) is 18.7. The van der Waals surface area contributed by atoms with Crippen molar-refractivity contribution in [3.8, 4) is 22.5 Å². The number of halogens is 4. The Hall–Kier alpha value is -5.38. The molecule has 0 spiro atoms. The van der Waals surface area contributed by atoms with Gasteiger partial charge in [0.1, 0.15) is 23.3 Å². The minimum Gasteiger partial charge on any atom is -0.450 e. The van der Waals surface area contributed by atoms with E-state index in [-0.39, 0.29) is 27.3 Å². The normalized spacial score (nSPS) is 11.1. The number of sulfonamides is 2. The highest BCUT2D eigenvalue weighted by Crippen LogP contribution is 2.29. The molecule has 6 aromatic rings. The van der Waals surface area contributed by atoms with Crippen LogP contribution in [0, 0.1) is 23.3 Å². The number of aryl methyl sites for hydroxylation is 2. The third-order valence-corrected chi connectivity index (χ3v) is 10.6. The van der Waals surface area contributed by atoms with Gasteiger partial charge in [-0.25, -0.2) is 53.8 Å². The first-order chi connectivity index (χ1) is 25.5. The maximum atomic E-state index is 14.0. The molecule has 2 heterocycles. The zero-order valence-electron chi connectivity index (χ0n) is 29.8. The number of benzene rings is 4. The molecule has 13 nitrogen and oxygen atoms in total. The summed E-state index contributed by atoms with van der Waals surface area (Å²) in [5, 5.41) is 8.29. The fourth-order valence-electron chi connectivity index (χ4n) is 4.90. The number of nitrogens with zero attached hydrogens (tertiary/aromatic N) is 4. The zero-order chi connectivity index (χ0) is 39.8. The van der Waals surface area contributed by atoms with Crippen molar-refractivity contribution in [3.05, 3.63) is 132 Å². The van der Waals surface area contributed by atoms with Crippen LogP contribution >= 0.6 is 0 Å². The van der Waals surface area contributed by atoms with Gasteiger partial charge in [0.2, 0.25) is 20.0 Å². The molecule has 0 fully saturated rings. The highest BCUT2D eigenvalue weighted by molar-refractivity contribution is 7.89. The fourth-order valence-corrected chi connectivity index (χ4v) is 6.42. The molecule has 0 saturated heterocycles. The Morgan fingerprint density at radius 3 is 1.56 bits per heavy atom. The molecular weight excluding hydrogens is 765 g/mol. The van der Waals surface area contributed by atoms with Crippen molar-refractivity contribution in [1.29, 1.82) is 0 Å². The minimum absolute atomic E-state index is 0. The maximum absolute atomic E-state index is 14.0. The summed E-state index contributed by atoms with van der Waals surface area (Å²) < 4.78 is 109. The lowest BCUT2D eigenvalue weighted by Gasteiger charge is -2.12. The lowest BCUT2D eigenvalue weighted by Crippen LogP contribution is -2.21. The van der Waals surface area contributed by atoms with Gasteiger partial charge in [-0.05, 0) is 74.3 Å². The summed E-state index contributed by atoms with van der Waals surface area (Å²) >= 11 is 0. The summed E-state index contributed by atoms with van der Waals surface area (Å²) in [5.74, 6) is -2.82. The van der Waals surface area contributed by atoms with Gasteiger partial charge in [-0.3, -0.25) is 0 Å². The highest BCUT2D eigenvalue weighted by atomic mass is 32.2. The molecule has 0 saturated carbocycles. The molecule has 4 aromatic carbocycles. The van der Waals surface area contributed by atoms with Gasteiger partial charge in [-0.15, -0.1) is 0 Å². The third kappa shape index (κ3) is 10.9. The van der Waals surface area contributed by atoms with Crippen LogP contribution in [-0.2, 0) is 40.6 Å². The number of nitrogen functional groups attached to an aromatic ring is 1. The predicted octanol–water partition coefficient (Wildman–Crippen LogP) is 2.82. The van der Waals surface area contributed by atoms with E-state index in [0.717, 1.165) is 12.1 Å². The molecule has 0 bridgehead atoms. The molecular formula is C35H37BF4N7O6S2. The van der Waals surface area contributed by atoms with Crippen LogP contribution in [-0.4, -0.2) is 68.0 Å². The molecule has 0 aliphatic heterocycles. The SMILES string of the molecule is CNS(=O)(=O)c1ccc(Cc2c(F)cccc2F)c(-c2cn(C)cn2)c1.CNS(=O)(=O)c1ccc(N)c(-c2cn(C)cn2)c1.O.O[B]c1c(F)cccc1F. The largest absolute Gasteiger partial charge is 0.450 e. The predicted molar refractivity (Wildman–Crippen MR) is 201 cm³/mol. The Labute approximate surface area is 316 Å². The first kappa shape index (κ1) is 44.0. The molecule has 7 N–H and O–H groups in total. The summed E-state index contributed by atoms with van der Waals surface area (Å²) in [7, 11) is -0.434.